The van der Waals surface area contributed by atoms with E-state index < -0.39 is 0 Å². The Balaban J connectivity index is 0. The number of carbonyl (C=O) groups excluding carboxylic acids is 1. The summed E-state index contributed by atoms with van der Waals surface area (Å²) in [6, 6.07) is 0. The van der Waals surface area contributed by atoms with Crippen LogP contribution in [0.1, 0.15) is 40.0 Å². The summed E-state index contributed by atoms with van der Waals surface area (Å²) in [5.41, 5.74) is 0. The lowest BCUT2D eigenvalue weighted by molar-refractivity contribution is -0.143. The van der Waals surface area contributed by atoms with Gasteiger partial charge < -0.3 is 9.84 Å². The molecule has 0 saturated carbocycles. The molecule has 0 aliphatic heterocycles. The van der Waals surface area contributed by atoms with Crippen LogP contribution in [0.5, 0.6) is 0 Å². The molecule has 0 saturated heterocycles. The zero-order valence-electron chi connectivity index (χ0n) is 8.30. The van der Waals surface area contributed by atoms with Gasteiger partial charge in [0.1, 0.15) is 0 Å². The van der Waals surface area contributed by atoms with Gasteiger partial charge in [0.15, 0.2) is 0 Å². The molecule has 0 radical (unpaired) electrons. The van der Waals surface area contributed by atoms with E-state index in [0.717, 1.165) is 12.8 Å². The Morgan fingerprint density at radius 2 is 1.75 bits per heavy atom. The molecule has 0 atom stereocenters. The van der Waals surface area contributed by atoms with Crippen LogP contribution >= 0.6 is 0 Å². The lowest BCUT2D eigenvalue weighted by Gasteiger charge is -1.97. The van der Waals surface area contributed by atoms with E-state index in [1.165, 1.54) is 0 Å². The van der Waals surface area contributed by atoms with Crippen LogP contribution in [-0.4, -0.2) is 24.3 Å². The van der Waals surface area contributed by atoms with Crippen LogP contribution in [0.25, 0.3) is 0 Å². The Labute approximate surface area is 74.7 Å². The Hall–Kier alpha value is -0.570. The fraction of sp³-hybridized carbons (Fsp3) is 0.889. The van der Waals surface area contributed by atoms with Crippen molar-refractivity contribution in [2.45, 2.75) is 40.0 Å². The van der Waals surface area contributed by atoms with Crippen molar-refractivity contribution in [3.63, 3.8) is 0 Å². The molecular weight excluding hydrogens is 156 g/mol. The predicted molar refractivity (Wildman–Crippen MR) is 48.9 cm³/mol. The second-order valence-corrected chi connectivity index (χ2v) is 2.30. The molecule has 3 nitrogen and oxygen atoms in total. The topological polar surface area (TPSA) is 46.5 Å². The zero-order valence-corrected chi connectivity index (χ0v) is 8.30. The number of hydrogen-bond donors (Lipinski definition) is 1. The summed E-state index contributed by atoms with van der Waals surface area (Å²) in [7, 11) is 0. The lowest BCUT2D eigenvalue weighted by Crippen LogP contribution is -2.02. The molecule has 0 aromatic heterocycles. The second-order valence-electron chi connectivity index (χ2n) is 2.30. The Bertz CT molecular complexity index is 89.8. The maximum absolute atomic E-state index is 10.3. The molecule has 0 rings (SSSR count). The van der Waals surface area contributed by atoms with Gasteiger partial charge in [0.05, 0.1) is 6.61 Å². The average molecular weight is 176 g/mol. The van der Waals surface area contributed by atoms with Crippen LogP contribution in [-0.2, 0) is 9.53 Å². The molecule has 0 fully saturated rings. The van der Waals surface area contributed by atoms with Crippen LogP contribution in [0.4, 0.5) is 0 Å². The van der Waals surface area contributed by atoms with Crippen molar-refractivity contribution in [2.75, 3.05) is 13.2 Å². The van der Waals surface area contributed by atoms with Crippen molar-refractivity contribution < 1.29 is 14.6 Å². The molecule has 12 heavy (non-hydrogen) atoms. The van der Waals surface area contributed by atoms with Crippen molar-refractivity contribution >= 4 is 5.97 Å². The van der Waals surface area contributed by atoms with Crippen LogP contribution in [0.2, 0.25) is 0 Å². The van der Waals surface area contributed by atoms with Gasteiger partial charge in [0, 0.05) is 13.0 Å². The first kappa shape index (κ1) is 14.0. The van der Waals surface area contributed by atoms with E-state index in [1.54, 1.807) is 6.92 Å². The largest absolute Gasteiger partial charge is 0.466 e. The maximum Gasteiger partial charge on any atom is 0.305 e. The molecule has 0 heterocycles. The van der Waals surface area contributed by atoms with Crippen molar-refractivity contribution in [1.29, 1.82) is 0 Å². The van der Waals surface area contributed by atoms with E-state index >= 15 is 0 Å². The van der Waals surface area contributed by atoms with Gasteiger partial charge >= 0.3 is 5.97 Å². The van der Waals surface area contributed by atoms with Gasteiger partial charge in [-0.25, -0.2) is 0 Å². The first-order chi connectivity index (χ1) is 5.72. The predicted octanol–water partition coefficient (Wildman–Crippen LogP) is 1.74. The highest BCUT2D eigenvalue weighted by Gasteiger charge is 1.93. The van der Waals surface area contributed by atoms with Gasteiger partial charge in [-0.05, 0) is 12.8 Å². The number of aliphatic hydroxyl groups is 1. The molecule has 0 amide bonds. The van der Waals surface area contributed by atoms with Gasteiger partial charge in [0.2, 0.25) is 0 Å². The van der Waals surface area contributed by atoms with Crippen LogP contribution in [0.15, 0.2) is 0 Å². The molecule has 3 heteroatoms. The fourth-order valence-electron chi connectivity index (χ4n) is 0.318. The highest BCUT2D eigenvalue weighted by atomic mass is 16.5. The van der Waals surface area contributed by atoms with E-state index in [-0.39, 0.29) is 5.97 Å². The zero-order chi connectivity index (χ0) is 9.82. The number of carbonyl (C=O) groups is 1. The van der Waals surface area contributed by atoms with E-state index in [9.17, 15) is 4.79 Å². The van der Waals surface area contributed by atoms with Gasteiger partial charge in [0.25, 0.3) is 0 Å². The molecule has 74 valence electrons. The van der Waals surface area contributed by atoms with E-state index in [2.05, 4.69) is 0 Å². The summed E-state index contributed by atoms with van der Waals surface area (Å²) >= 11 is 0. The molecule has 0 bridgehead atoms. The van der Waals surface area contributed by atoms with Crippen LogP contribution < -0.4 is 0 Å². The minimum absolute atomic E-state index is 0.105. The fourth-order valence-corrected chi connectivity index (χ4v) is 0.318. The monoisotopic (exact) mass is 176 g/mol. The third kappa shape index (κ3) is 16.2. The maximum atomic E-state index is 10.3. The Kier molecular flexibility index (Phi) is 15.2. The minimum atomic E-state index is -0.105. The summed E-state index contributed by atoms with van der Waals surface area (Å²) in [4.78, 5) is 10.3. The van der Waals surface area contributed by atoms with Gasteiger partial charge in [-0.15, -0.1) is 0 Å². The van der Waals surface area contributed by atoms with E-state index in [0.29, 0.717) is 19.6 Å². The van der Waals surface area contributed by atoms with Crippen LogP contribution in [0, 0.1) is 0 Å². The molecular formula is C9H20O3. The highest BCUT2D eigenvalue weighted by Crippen LogP contribution is 1.85. The molecule has 1 N–H and O–H groups in total. The standard InChI is InChI=1S/C6H12O2.C3H8O/c1-3-5-8-6(7)4-2;1-2-3-4/h3-5H2,1-2H3;4H,2-3H2,1H3. The number of aliphatic hydroxyl groups excluding tert-OH is 1. The first-order valence-electron chi connectivity index (χ1n) is 4.49. The number of esters is 1. The minimum Gasteiger partial charge on any atom is -0.466 e. The molecule has 0 aromatic carbocycles. The second kappa shape index (κ2) is 13.1. The summed E-state index contributed by atoms with van der Waals surface area (Å²) < 4.78 is 4.70. The summed E-state index contributed by atoms with van der Waals surface area (Å²) in [6.07, 6.45) is 2.27. The highest BCUT2D eigenvalue weighted by molar-refractivity contribution is 5.68. The Morgan fingerprint density at radius 3 is 2.00 bits per heavy atom. The van der Waals surface area contributed by atoms with Gasteiger partial charge in [-0.1, -0.05) is 20.8 Å². The van der Waals surface area contributed by atoms with Crippen molar-refractivity contribution in [3.8, 4) is 0 Å². The third-order valence-corrected chi connectivity index (χ3v) is 0.979. The van der Waals surface area contributed by atoms with E-state index in [4.69, 9.17) is 9.84 Å². The van der Waals surface area contributed by atoms with Crippen molar-refractivity contribution in [3.05, 3.63) is 0 Å². The lowest BCUT2D eigenvalue weighted by atomic mass is 10.5. The average Bonchev–Trinajstić information content (AvgIpc) is 2.14. The van der Waals surface area contributed by atoms with Crippen molar-refractivity contribution in [1.82, 2.24) is 0 Å². The molecule has 0 unspecified atom stereocenters. The summed E-state index contributed by atoms with van der Waals surface area (Å²) in [5.74, 6) is -0.105. The summed E-state index contributed by atoms with van der Waals surface area (Å²) in [6.45, 7) is 6.58. The first-order valence-corrected chi connectivity index (χ1v) is 4.49. The number of hydrogen-bond acceptors (Lipinski definition) is 3. The normalized spacial score (nSPS) is 8.33. The third-order valence-electron chi connectivity index (χ3n) is 0.979. The molecule has 0 spiro atoms. The van der Waals surface area contributed by atoms with E-state index in [1.807, 2.05) is 13.8 Å². The van der Waals surface area contributed by atoms with Crippen molar-refractivity contribution in [2.24, 2.45) is 0 Å². The molecule has 0 aliphatic rings. The van der Waals surface area contributed by atoms with Gasteiger partial charge in [-0.3, -0.25) is 4.79 Å². The van der Waals surface area contributed by atoms with Gasteiger partial charge in [-0.2, -0.15) is 0 Å². The van der Waals surface area contributed by atoms with Crippen LogP contribution in [0.3, 0.4) is 0 Å². The summed E-state index contributed by atoms with van der Waals surface area (Å²) in [5, 5.41) is 7.88. The number of rotatable bonds is 4. The SMILES string of the molecule is CCCO.CCCOC(=O)CC. The smallest absolute Gasteiger partial charge is 0.305 e. The quantitative estimate of drug-likeness (QED) is 0.664. The molecule has 0 aromatic rings. The Morgan fingerprint density at radius 1 is 1.25 bits per heavy atom. The number of ether oxygens (including phenoxy) is 1. The molecule has 0 aliphatic carbocycles.